The number of fused-ring (bicyclic) bond motifs is 1. The average molecular weight is 196 g/mol. The molecular formula is C12H24N2. The maximum absolute atomic E-state index is 2.72. The summed E-state index contributed by atoms with van der Waals surface area (Å²) in [5.74, 6) is 0. The Balaban J connectivity index is 1.75. The molecule has 1 saturated carbocycles. The number of piperazine rings is 1. The topological polar surface area (TPSA) is 6.48 Å². The first-order valence-electron chi connectivity index (χ1n) is 6.35. The van der Waals surface area contributed by atoms with Gasteiger partial charge in [-0.2, -0.15) is 0 Å². The van der Waals surface area contributed by atoms with Crippen LogP contribution >= 0.6 is 0 Å². The molecule has 2 atom stereocenters. The second-order valence-corrected chi connectivity index (χ2v) is 4.80. The Labute approximate surface area is 88.3 Å². The second kappa shape index (κ2) is 4.63. The van der Waals surface area contributed by atoms with E-state index in [-0.39, 0.29) is 0 Å². The van der Waals surface area contributed by atoms with Crippen molar-refractivity contribution in [3.63, 3.8) is 0 Å². The summed E-state index contributed by atoms with van der Waals surface area (Å²) in [6.07, 6.45) is 5.49. The lowest BCUT2D eigenvalue weighted by Crippen LogP contribution is -2.46. The van der Waals surface area contributed by atoms with Crippen LogP contribution in [0.15, 0.2) is 0 Å². The van der Waals surface area contributed by atoms with Crippen molar-refractivity contribution in [2.45, 2.75) is 51.6 Å². The first kappa shape index (κ1) is 10.4. The molecule has 1 heterocycles. The van der Waals surface area contributed by atoms with Crippen LogP contribution in [-0.4, -0.2) is 48.1 Å². The van der Waals surface area contributed by atoms with E-state index in [9.17, 15) is 0 Å². The van der Waals surface area contributed by atoms with Gasteiger partial charge in [0.25, 0.3) is 0 Å². The predicted molar refractivity (Wildman–Crippen MR) is 60.5 cm³/mol. The molecule has 0 radical (unpaired) electrons. The van der Waals surface area contributed by atoms with E-state index in [1.165, 1.54) is 51.9 Å². The molecule has 1 aliphatic carbocycles. The molecule has 1 saturated heterocycles. The molecule has 2 fully saturated rings. The van der Waals surface area contributed by atoms with E-state index in [4.69, 9.17) is 0 Å². The quantitative estimate of drug-likeness (QED) is 0.663. The molecule has 82 valence electrons. The standard InChI is InChI=1S/C12H24N2/c1-3-5-7-14-9-8-13(6-4-2)11-10-12(11)14/h11-12H,3-10H2,1-2H3/t11?,12-/m0/s1. The van der Waals surface area contributed by atoms with Crippen molar-refractivity contribution in [2.75, 3.05) is 26.2 Å². The molecule has 1 unspecified atom stereocenters. The highest BCUT2D eigenvalue weighted by Gasteiger charge is 2.47. The van der Waals surface area contributed by atoms with Gasteiger partial charge < -0.3 is 0 Å². The molecule has 0 aromatic rings. The zero-order valence-corrected chi connectivity index (χ0v) is 9.71. The molecule has 0 bridgehead atoms. The smallest absolute Gasteiger partial charge is 0.0268 e. The van der Waals surface area contributed by atoms with Crippen molar-refractivity contribution in [3.05, 3.63) is 0 Å². The first-order chi connectivity index (χ1) is 6.86. The third kappa shape index (κ3) is 2.12. The highest BCUT2D eigenvalue weighted by molar-refractivity contribution is 5.05. The minimum absolute atomic E-state index is 0.931. The summed E-state index contributed by atoms with van der Waals surface area (Å²) in [6, 6.07) is 1.86. The van der Waals surface area contributed by atoms with Gasteiger partial charge in [-0.05, 0) is 32.4 Å². The van der Waals surface area contributed by atoms with Crippen LogP contribution in [-0.2, 0) is 0 Å². The first-order valence-corrected chi connectivity index (χ1v) is 6.35. The van der Waals surface area contributed by atoms with E-state index < -0.39 is 0 Å². The molecule has 1 aliphatic heterocycles. The van der Waals surface area contributed by atoms with Crippen molar-refractivity contribution in [3.8, 4) is 0 Å². The van der Waals surface area contributed by atoms with Crippen LogP contribution in [0, 0.1) is 0 Å². The lowest BCUT2D eigenvalue weighted by atomic mass is 10.2. The molecule has 0 N–H and O–H groups in total. The van der Waals surface area contributed by atoms with Crippen LogP contribution in [0.5, 0.6) is 0 Å². The minimum atomic E-state index is 0.931. The lowest BCUT2D eigenvalue weighted by molar-refractivity contribution is 0.127. The van der Waals surface area contributed by atoms with E-state index in [1.807, 2.05) is 0 Å². The van der Waals surface area contributed by atoms with E-state index in [2.05, 4.69) is 23.6 Å². The maximum atomic E-state index is 2.72. The summed E-state index contributed by atoms with van der Waals surface area (Å²) in [4.78, 5) is 5.42. The van der Waals surface area contributed by atoms with Crippen LogP contribution in [0.25, 0.3) is 0 Å². The fourth-order valence-electron chi connectivity index (χ4n) is 2.75. The summed E-state index contributed by atoms with van der Waals surface area (Å²) in [7, 11) is 0. The van der Waals surface area contributed by atoms with Gasteiger partial charge in [0, 0.05) is 25.2 Å². The predicted octanol–water partition coefficient (Wildman–Crippen LogP) is 1.96. The number of rotatable bonds is 5. The third-order valence-corrected chi connectivity index (χ3v) is 3.65. The maximum Gasteiger partial charge on any atom is 0.0268 e. The Morgan fingerprint density at radius 1 is 0.929 bits per heavy atom. The van der Waals surface area contributed by atoms with Crippen LogP contribution in [0.2, 0.25) is 0 Å². The molecular weight excluding hydrogens is 172 g/mol. The fraction of sp³-hybridized carbons (Fsp3) is 1.00. The monoisotopic (exact) mass is 196 g/mol. The van der Waals surface area contributed by atoms with Gasteiger partial charge >= 0.3 is 0 Å². The van der Waals surface area contributed by atoms with Gasteiger partial charge in [-0.15, -0.1) is 0 Å². The Hall–Kier alpha value is -0.0800. The number of unbranched alkanes of at least 4 members (excludes halogenated alkanes) is 1. The van der Waals surface area contributed by atoms with Gasteiger partial charge in [-0.25, -0.2) is 0 Å². The van der Waals surface area contributed by atoms with Gasteiger partial charge in [-0.1, -0.05) is 20.3 Å². The summed E-state index contributed by atoms with van der Waals surface area (Å²) >= 11 is 0. The number of nitrogens with zero attached hydrogens (tertiary/aromatic N) is 2. The lowest BCUT2D eigenvalue weighted by Gasteiger charge is -2.33. The van der Waals surface area contributed by atoms with E-state index in [1.54, 1.807) is 0 Å². The van der Waals surface area contributed by atoms with Crippen molar-refractivity contribution >= 4 is 0 Å². The average Bonchev–Trinajstić information content (AvgIpc) is 2.97. The van der Waals surface area contributed by atoms with Gasteiger partial charge in [0.2, 0.25) is 0 Å². The van der Waals surface area contributed by atoms with Crippen LogP contribution in [0.4, 0.5) is 0 Å². The molecule has 2 rings (SSSR count). The van der Waals surface area contributed by atoms with E-state index >= 15 is 0 Å². The normalized spacial score (nSPS) is 33.0. The Kier molecular flexibility index (Phi) is 3.45. The van der Waals surface area contributed by atoms with E-state index in [0.717, 1.165) is 12.1 Å². The van der Waals surface area contributed by atoms with Crippen molar-refractivity contribution in [2.24, 2.45) is 0 Å². The highest BCUT2D eigenvalue weighted by Crippen LogP contribution is 2.36. The largest absolute Gasteiger partial charge is 0.298 e. The molecule has 0 amide bonds. The summed E-state index contributed by atoms with van der Waals surface area (Å²) < 4.78 is 0. The summed E-state index contributed by atoms with van der Waals surface area (Å²) in [5, 5.41) is 0. The Morgan fingerprint density at radius 3 is 2.14 bits per heavy atom. The van der Waals surface area contributed by atoms with E-state index in [0.29, 0.717) is 0 Å². The molecule has 2 nitrogen and oxygen atoms in total. The van der Waals surface area contributed by atoms with Crippen molar-refractivity contribution < 1.29 is 0 Å². The van der Waals surface area contributed by atoms with Crippen LogP contribution in [0.3, 0.4) is 0 Å². The molecule has 0 spiro atoms. The zero-order chi connectivity index (χ0) is 9.97. The van der Waals surface area contributed by atoms with Gasteiger partial charge in [0.15, 0.2) is 0 Å². The number of hydrogen-bond acceptors (Lipinski definition) is 2. The third-order valence-electron chi connectivity index (χ3n) is 3.65. The van der Waals surface area contributed by atoms with Crippen molar-refractivity contribution in [1.82, 2.24) is 9.80 Å². The highest BCUT2D eigenvalue weighted by atomic mass is 15.4. The Morgan fingerprint density at radius 2 is 1.57 bits per heavy atom. The molecule has 14 heavy (non-hydrogen) atoms. The van der Waals surface area contributed by atoms with Gasteiger partial charge in [0.1, 0.15) is 0 Å². The van der Waals surface area contributed by atoms with Crippen LogP contribution < -0.4 is 0 Å². The van der Waals surface area contributed by atoms with Gasteiger partial charge in [-0.3, -0.25) is 9.80 Å². The minimum Gasteiger partial charge on any atom is -0.298 e. The second-order valence-electron chi connectivity index (χ2n) is 4.80. The molecule has 0 aromatic heterocycles. The molecule has 0 aromatic carbocycles. The number of hydrogen-bond donors (Lipinski definition) is 0. The van der Waals surface area contributed by atoms with Crippen molar-refractivity contribution in [1.29, 1.82) is 0 Å². The molecule has 2 heteroatoms. The SMILES string of the molecule is CCCCN1CCN(CCC)C2C[C@@H]21. The Bertz CT molecular complexity index is 181. The summed E-state index contributed by atoms with van der Waals surface area (Å²) in [5.41, 5.74) is 0. The molecule has 2 aliphatic rings. The summed E-state index contributed by atoms with van der Waals surface area (Å²) in [6.45, 7) is 9.89. The van der Waals surface area contributed by atoms with Crippen LogP contribution in [0.1, 0.15) is 39.5 Å². The zero-order valence-electron chi connectivity index (χ0n) is 9.71. The van der Waals surface area contributed by atoms with Gasteiger partial charge in [0.05, 0.1) is 0 Å². The fourth-order valence-corrected chi connectivity index (χ4v) is 2.75.